The quantitative estimate of drug-likeness (QED) is 0.552. The van der Waals surface area contributed by atoms with E-state index in [1.54, 1.807) is 0 Å². The van der Waals surface area contributed by atoms with E-state index >= 15 is 0 Å². The number of aliphatic hydroxyl groups is 1. The van der Waals surface area contributed by atoms with Crippen LogP contribution in [0.5, 0.6) is 0 Å². The van der Waals surface area contributed by atoms with Crippen molar-refractivity contribution >= 4 is 5.91 Å². The lowest BCUT2D eigenvalue weighted by atomic mass is 10.1. The van der Waals surface area contributed by atoms with E-state index in [0.717, 1.165) is 0 Å². The average Bonchev–Trinajstić information content (AvgIpc) is 1.99. The van der Waals surface area contributed by atoms with E-state index in [9.17, 15) is 9.90 Å². The second-order valence-corrected chi connectivity index (χ2v) is 2.67. The van der Waals surface area contributed by atoms with Crippen LogP contribution in [0.25, 0.3) is 0 Å². The van der Waals surface area contributed by atoms with Crippen LogP contribution in [0, 0.1) is 18.3 Å². The Bertz CT molecular complexity index is 169. The summed E-state index contributed by atoms with van der Waals surface area (Å²) >= 11 is 0. The number of hydrogen-bond acceptors (Lipinski definition) is 2. The summed E-state index contributed by atoms with van der Waals surface area (Å²) in [6, 6.07) is 0. The van der Waals surface area contributed by atoms with Gasteiger partial charge in [0.2, 0.25) is 0 Å². The van der Waals surface area contributed by atoms with Gasteiger partial charge in [-0.3, -0.25) is 4.79 Å². The van der Waals surface area contributed by atoms with Gasteiger partial charge in [0.15, 0.2) is 0 Å². The highest BCUT2D eigenvalue weighted by atomic mass is 16.3. The van der Waals surface area contributed by atoms with Crippen LogP contribution in [0.3, 0.4) is 0 Å². The zero-order valence-electron chi connectivity index (χ0n) is 6.79. The minimum absolute atomic E-state index is 0.132. The van der Waals surface area contributed by atoms with Crippen molar-refractivity contribution in [3.63, 3.8) is 0 Å². The molecule has 0 radical (unpaired) electrons. The SMILES string of the molecule is C#CC(=O)NCC(O)C(C)C. The van der Waals surface area contributed by atoms with Crippen LogP contribution in [0.2, 0.25) is 0 Å². The number of carbonyl (C=O) groups is 1. The molecule has 1 unspecified atom stereocenters. The summed E-state index contributed by atoms with van der Waals surface area (Å²) in [5.74, 6) is 1.55. The predicted octanol–water partition coefficient (Wildman–Crippen LogP) is -0.247. The van der Waals surface area contributed by atoms with Gasteiger partial charge in [-0.25, -0.2) is 0 Å². The smallest absolute Gasteiger partial charge is 0.295 e. The molecule has 0 aliphatic carbocycles. The first kappa shape index (κ1) is 9.99. The summed E-state index contributed by atoms with van der Waals surface area (Å²) in [6.07, 6.45) is 4.27. The van der Waals surface area contributed by atoms with Crippen LogP contribution in [0.1, 0.15) is 13.8 Å². The van der Waals surface area contributed by atoms with Gasteiger partial charge in [-0.2, -0.15) is 0 Å². The maximum atomic E-state index is 10.5. The third-order valence-corrected chi connectivity index (χ3v) is 1.37. The van der Waals surface area contributed by atoms with Gasteiger partial charge in [0.1, 0.15) is 0 Å². The molecule has 0 aromatic heterocycles. The lowest BCUT2D eigenvalue weighted by Gasteiger charge is -2.13. The molecule has 0 aromatic rings. The molecule has 0 saturated carbocycles. The van der Waals surface area contributed by atoms with Crippen LogP contribution in [-0.2, 0) is 4.79 Å². The van der Waals surface area contributed by atoms with Crippen molar-refractivity contribution in [2.75, 3.05) is 6.54 Å². The van der Waals surface area contributed by atoms with E-state index in [2.05, 4.69) is 5.32 Å². The molecule has 0 aromatic carbocycles. The maximum Gasteiger partial charge on any atom is 0.295 e. The summed E-state index contributed by atoms with van der Waals surface area (Å²) in [4.78, 5) is 10.5. The Morgan fingerprint density at radius 1 is 1.73 bits per heavy atom. The Morgan fingerprint density at radius 2 is 2.27 bits per heavy atom. The second kappa shape index (κ2) is 4.75. The van der Waals surface area contributed by atoms with Crippen LogP contribution in [-0.4, -0.2) is 23.7 Å². The van der Waals surface area contributed by atoms with Gasteiger partial charge in [-0.1, -0.05) is 13.8 Å². The molecule has 62 valence electrons. The van der Waals surface area contributed by atoms with Gasteiger partial charge >= 0.3 is 0 Å². The lowest BCUT2D eigenvalue weighted by molar-refractivity contribution is -0.116. The Kier molecular flexibility index (Phi) is 4.32. The molecule has 0 spiro atoms. The first-order valence-corrected chi connectivity index (χ1v) is 3.50. The Hall–Kier alpha value is -1.01. The second-order valence-electron chi connectivity index (χ2n) is 2.67. The van der Waals surface area contributed by atoms with Crippen LogP contribution < -0.4 is 5.32 Å². The summed E-state index contributed by atoms with van der Waals surface area (Å²) in [7, 11) is 0. The van der Waals surface area contributed by atoms with Gasteiger partial charge in [0, 0.05) is 6.54 Å². The molecular formula is C8H13NO2. The number of amides is 1. The Morgan fingerprint density at radius 3 is 2.64 bits per heavy atom. The van der Waals surface area contributed by atoms with Crippen molar-refractivity contribution < 1.29 is 9.90 Å². The first-order chi connectivity index (χ1) is 5.07. The lowest BCUT2D eigenvalue weighted by Crippen LogP contribution is -2.33. The number of aliphatic hydroxyl groups excluding tert-OH is 1. The highest BCUT2D eigenvalue weighted by Crippen LogP contribution is 1.98. The molecule has 0 rings (SSSR count). The van der Waals surface area contributed by atoms with Crippen molar-refractivity contribution in [1.29, 1.82) is 0 Å². The largest absolute Gasteiger partial charge is 0.391 e. The van der Waals surface area contributed by atoms with Gasteiger partial charge in [0.25, 0.3) is 5.91 Å². The maximum absolute atomic E-state index is 10.5. The van der Waals surface area contributed by atoms with Crippen LogP contribution >= 0.6 is 0 Å². The number of nitrogens with one attached hydrogen (secondary N) is 1. The molecule has 11 heavy (non-hydrogen) atoms. The molecule has 2 N–H and O–H groups in total. The van der Waals surface area contributed by atoms with Crippen LogP contribution in [0.4, 0.5) is 0 Å². The summed E-state index contributed by atoms with van der Waals surface area (Å²) < 4.78 is 0. The van der Waals surface area contributed by atoms with Crippen molar-refractivity contribution in [3.8, 4) is 12.3 Å². The number of hydrogen-bond donors (Lipinski definition) is 2. The molecule has 0 heterocycles. The van der Waals surface area contributed by atoms with E-state index in [1.807, 2.05) is 19.8 Å². The van der Waals surface area contributed by atoms with Crippen molar-refractivity contribution in [2.24, 2.45) is 5.92 Å². The molecule has 0 bridgehead atoms. The zero-order chi connectivity index (χ0) is 8.85. The third-order valence-electron chi connectivity index (χ3n) is 1.37. The van der Waals surface area contributed by atoms with Gasteiger partial charge in [-0.05, 0) is 11.8 Å². The number of terminal acetylenes is 1. The minimum atomic E-state index is -0.521. The minimum Gasteiger partial charge on any atom is -0.391 e. The van der Waals surface area contributed by atoms with E-state index in [1.165, 1.54) is 0 Å². The molecule has 0 aliphatic rings. The number of rotatable bonds is 3. The highest BCUT2D eigenvalue weighted by Gasteiger charge is 2.08. The third kappa shape index (κ3) is 4.40. The van der Waals surface area contributed by atoms with Gasteiger partial charge < -0.3 is 10.4 Å². The zero-order valence-corrected chi connectivity index (χ0v) is 6.79. The fourth-order valence-corrected chi connectivity index (χ4v) is 0.484. The summed E-state index contributed by atoms with van der Waals surface area (Å²) in [5.41, 5.74) is 0. The fourth-order valence-electron chi connectivity index (χ4n) is 0.484. The predicted molar refractivity (Wildman–Crippen MR) is 42.7 cm³/mol. The molecule has 0 aliphatic heterocycles. The standard InChI is InChI=1S/C8H13NO2/c1-4-8(11)9-5-7(10)6(2)3/h1,6-7,10H,5H2,2-3H3,(H,9,11). The van der Waals surface area contributed by atoms with Crippen molar-refractivity contribution in [1.82, 2.24) is 5.32 Å². The van der Waals surface area contributed by atoms with E-state index in [0.29, 0.717) is 0 Å². The fraction of sp³-hybridized carbons (Fsp3) is 0.625. The first-order valence-electron chi connectivity index (χ1n) is 3.50. The average molecular weight is 155 g/mol. The molecule has 0 fully saturated rings. The van der Waals surface area contributed by atoms with Gasteiger partial charge in [0.05, 0.1) is 6.10 Å². The topological polar surface area (TPSA) is 49.3 Å². The Balaban J connectivity index is 3.56. The van der Waals surface area contributed by atoms with Crippen LogP contribution in [0.15, 0.2) is 0 Å². The normalized spacial score (nSPS) is 12.3. The van der Waals surface area contributed by atoms with Gasteiger partial charge in [-0.15, -0.1) is 6.42 Å². The van der Waals surface area contributed by atoms with Crippen molar-refractivity contribution in [3.05, 3.63) is 0 Å². The summed E-state index contributed by atoms with van der Waals surface area (Å²) in [5, 5.41) is 11.6. The molecule has 0 saturated heterocycles. The van der Waals surface area contributed by atoms with E-state index in [4.69, 9.17) is 6.42 Å². The summed E-state index contributed by atoms with van der Waals surface area (Å²) in [6.45, 7) is 3.96. The monoisotopic (exact) mass is 155 g/mol. The molecule has 1 atom stereocenters. The Labute approximate surface area is 66.8 Å². The molecular weight excluding hydrogens is 142 g/mol. The molecule has 3 heteroatoms. The molecule has 3 nitrogen and oxygen atoms in total. The molecule has 1 amide bonds. The van der Waals surface area contributed by atoms with Crippen molar-refractivity contribution in [2.45, 2.75) is 20.0 Å². The van der Waals surface area contributed by atoms with E-state index < -0.39 is 12.0 Å². The van der Waals surface area contributed by atoms with E-state index in [-0.39, 0.29) is 12.5 Å². The highest BCUT2D eigenvalue weighted by molar-refractivity contribution is 5.92. The number of carbonyl (C=O) groups excluding carboxylic acids is 1.